The van der Waals surface area contributed by atoms with Gasteiger partial charge in [-0.25, -0.2) is 8.78 Å². The standard InChI is InChI=1S/C12H14ClF2N/c13-10-5-8(1-2-11(10)14)6-12(15)4-3-9(16)7-12/h1-2,5,9H,3-4,6-7,16H2. The van der Waals surface area contributed by atoms with Crippen molar-refractivity contribution in [1.29, 1.82) is 0 Å². The summed E-state index contributed by atoms with van der Waals surface area (Å²) in [6.07, 6.45) is 1.83. The third kappa shape index (κ3) is 2.53. The highest BCUT2D eigenvalue weighted by molar-refractivity contribution is 6.30. The molecule has 2 N–H and O–H groups in total. The van der Waals surface area contributed by atoms with Crippen LogP contribution in [0.15, 0.2) is 18.2 Å². The quantitative estimate of drug-likeness (QED) is 0.851. The lowest BCUT2D eigenvalue weighted by Crippen LogP contribution is -2.25. The van der Waals surface area contributed by atoms with Crippen LogP contribution in [0.5, 0.6) is 0 Å². The summed E-state index contributed by atoms with van der Waals surface area (Å²) in [5, 5.41) is 0.0448. The van der Waals surface area contributed by atoms with Gasteiger partial charge < -0.3 is 5.73 Å². The lowest BCUT2D eigenvalue weighted by molar-refractivity contribution is 0.170. The molecule has 0 spiro atoms. The van der Waals surface area contributed by atoms with Crippen molar-refractivity contribution in [3.05, 3.63) is 34.6 Å². The van der Waals surface area contributed by atoms with E-state index in [4.69, 9.17) is 17.3 Å². The minimum atomic E-state index is -1.25. The Balaban J connectivity index is 2.12. The number of halogens is 3. The van der Waals surface area contributed by atoms with Gasteiger partial charge in [0.2, 0.25) is 0 Å². The average Bonchev–Trinajstić information content (AvgIpc) is 2.52. The molecule has 4 heteroatoms. The second-order valence-corrected chi connectivity index (χ2v) is 4.99. The van der Waals surface area contributed by atoms with Gasteiger partial charge in [0.1, 0.15) is 11.5 Å². The Hall–Kier alpha value is -0.670. The topological polar surface area (TPSA) is 26.0 Å². The van der Waals surface area contributed by atoms with Crippen LogP contribution in [0.1, 0.15) is 24.8 Å². The molecule has 2 atom stereocenters. The highest BCUT2D eigenvalue weighted by Crippen LogP contribution is 2.36. The van der Waals surface area contributed by atoms with Crippen molar-refractivity contribution in [2.45, 2.75) is 37.4 Å². The predicted molar refractivity (Wildman–Crippen MR) is 60.8 cm³/mol. The van der Waals surface area contributed by atoms with E-state index in [-0.39, 0.29) is 17.5 Å². The zero-order chi connectivity index (χ0) is 11.8. The Morgan fingerprint density at radius 3 is 2.81 bits per heavy atom. The molecule has 88 valence electrons. The van der Waals surface area contributed by atoms with Gasteiger partial charge >= 0.3 is 0 Å². The summed E-state index contributed by atoms with van der Waals surface area (Å²) in [6.45, 7) is 0. The minimum absolute atomic E-state index is 0.0448. The molecule has 0 aliphatic heterocycles. The first-order chi connectivity index (χ1) is 7.48. The molecule has 1 fully saturated rings. The van der Waals surface area contributed by atoms with Crippen LogP contribution < -0.4 is 5.73 Å². The molecule has 2 unspecified atom stereocenters. The van der Waals surface area contributed by atoms with E-state index in [9.17, 15) is 8.78 Å². The van der Waals surface area contributed by atoms with Crippen molar-refractivity contribution in [1.82, 2.24) is 0 Å². The van der Waals surface area contributed by atoms with E-state index in [2.05, 4.69) is 0 Å². The number of hydrogen-bond donors (Lipinski definition) is 1. The van der Waals surface area contributed by atoms with Gasteiger partial charge in [0.25, 0.3) is 0 Å². The third-order valence-corrected chi connectivity index (χ3v) is 3.39. The van der Waals surface area contributed by atoms with Gasteiger partial charge in [-0.3, -0.25) is 0 Å². The van der Waals surface area contributed by atoms with Crippen molar-refractivity contribution in [2.24, 2.45) is 5.73 Å². The van der Waals surface area contributed by atoms with Gasteiger partial charge in [-0.15, -0.1) is 0 Å². The average molecular weight is 246 g/mol. The first-order valence-electron chi connectivity index (χ1n) is 5.37. The van der Waals surface area contributed by atoms with Crippen molar-refractivity contribution in [3.8, 4) is 0 Å². The summed E-state index contributed by atoms with van der Waals surface area (Å²) in [7, 11) is 0. The Kier molecular flexibility index (Phi) is 3.17. The Morgan fingerprint density at radius 1 is 1.50 bits per heavy atom. The first-order valence-corrected chi connectivity index (χ1v) is 5.75. The van der Waals surface area contributed by atoms with Crippen molar-refractivity contribution in [2.75, 3.05) is 0 Å². The molecule has 1 saturated carbocycles. The normalized spacial score (nSPS) is 29.6. The monoisotopic (exact) mass is 245 g/mol. The molecule has 0 heterocycles. The fourth-order valence-electron chi connectivity index (χ4n) is 2.29. The largest absolute Gasteiger partial charge is 0.328 e. The number of nitrogens with two attached hydrogens (primary N) is 1. The number of rotatable bonds is 2. The second-order valence-electron chi connectivity index (χ2n) is 4.58. The summed E-state index contributed by atoms with van der Waals surface area (Å²) in [6, 6.07) is 4.28. The fourth-order valence-corrected chi connectivity index (χ4v) is 2.50. The van der Waals surface area contributed by atoms with Gasteiger partial charge in [0, 0.05) is 12.5 Å². The molecule has 0 aromatic heterocycles. The van der Waals surface area contributed by atoms with Crippen LogP contribution in [0.3, 0.4) is 0 Å². The van der Waals surface area contributed by atoms with Crippen LogP contribution in [0.25, 0.3) is 0 Å². The Morgan fingerprint density at radius 2 is 2.25 bits per heavy atom. The van der Waals surface area contributed by atoms with Gasteiger partial charge in [-0.05, 0) is 37.0 Å². The van der Waals surface area contributed by atoms with Crippen LogP contribution in [0, 0.1) is 5.82 Å². The van der Waals surface area contributed by atoms with Crippen LogP contribution in [0.4, 0.5) is 8.78 Å². The van der Waals surface area contributed by atoms with Crippen LogP contribution >= 0.6 is 11.6 Å². The van der Waals surface area contributed by atoms with Crippen molar-refractivity contribution in [3.63, 3.8) is 0 Å². The summed E-state index contributed by atoms with van der Waals surface area (Å²) >= 11 is 5.65. The summed E-state index contributed by atoms with van der Waals surface area (Å²) in [5.74, 6) is -0.471. The number of hydrogen-bond acceptors (Lipinski definition) is 1. The maximum atomic E-state index is 14.3. The molecular weight excluding hydrogens is 232 g/mol. The van der Waals surface area contributed by atoms with E-state index >= 15 is 0 Å². The van der Waals surface area contributed by atoms with Crippen LogP contribution in [-0.4, -0.2) is 11.7 Å². The molecule has 0 saturated heterocycles. The Labute approximate surface area is 98.6 Å². The van der Waals surface area contributed by atoms with E-state index in [1.807, 2.05) is 0 Å². The molecule has 0 radical (unpaired) electrons. The molecule has 0 bridgehead atoms. The van der Waals surface area contributed by atoms with Crippen molar-refractivity contribution < 1.29 is 8.78 Å². The molecule has 1 aromatic carbocycles. The maximum absolute atomic E-state index is 14.3. The van der Waals surface area contributed by atoms with Crippen LogP contribution in [0.2, 0.25) is 5.02 Å². The zero-order valence-electron chi connectivity index (χ0n) is 8.85. The summed E-state index contributed by atoms with van der Waals surface area (Å²) in [4.78, 5) is 0. The lowest BCUT2D eigenvalue weighted by Gasteiger charge is -2.19. The minimum Gasteiger partial charge on any atom is -0.328 e. The summed E-state index contributed by atoms with van der Waals surface area (Å²) in [5.41, 5.74) is 5.17. The van der Waals surface area contributed by atoms with Crippen LogP contribution in [-0.2, 0) is 6.42 Å². The summed E-state index contributed by atoms with van der Waals surface area (Å²) < 4.78 is 27.2. The molecule has 1 nitrogen and oxygen atoms in total. The number of benzene rings is 1. The smallest absolute Gasteiger partial charge is 0.141 e. The van der Waals surface area contributed by atoms with E-state index in [0.29, 0.717) is 19.3 Å². The molecular formula is C12H14ClF2N. The first kappa shape index (κ1) is 11.8. The molecule has 0 amide bonds. The zero-order valence-corrected chi connectivity index (χ0v) is 9.61. The third-order valence-electron chi connectivity index (χ3n) is 3.10. The number of alkyl halides is 1. The molecule has 16 heavy (non-hydrogen) atoms. The SMILES string of the molecule is NC1CCC(F)(Cc2ccc(F)c(Cl)c2)C1. The lowest BCUT2D eigenvalue weighted by atomic mass is 9.94. The van der Waals surface area contributed by atoms with Gasteiger partial charge in [-0.2, -0.15) is 0 Å². The maximum Gasteiger partial charge on any atom is 0.141 e. The van der Waals surface area contributed by atoms with E-state index in [1.165, 1.54) is 12.1 Å². The highest BCUT2D eigenvalue weighted by atomic mass is 35.5. The van der Waals surface area contributed by atoms with E-state index in [1.54, 1.807) is 6.07 Å². The predicted octanol–water partition coefficient (Wildman–Crippen LogP) is 3.24. The highest BCUT2D eigenvalue weighted by Gasteiger charge is 2.37. The Bertz CT molecular complexity index is 397. The fraction of sp³-hybridized carbons (Fsp3) is 0.500. The molecule has 2 rings (SSSR count). The second kappa shape index (κ2) is 4.30. The molecule has 1 aromatic rings. The van der Waals surface area contributed by atoms with E-state index in [0.717, 1.165) is 5.56 Å². The van der Waals surface area contributed by atoms with E-state index < -0.39 is 11.5 Å². The van der Waals surface area contributed by atoms with Crippen molar-refractivity contribution >= 4 is 11.6 Å². The van der Waals surface area contributed by atoms with Gasteiger partial charge in [0.05, 0.1) is 5.02 Å². The molecule has 1 aliphatic rings. The van der Waals surface area contributed by atoms with Gasteiger partial charge in [-0.1, -0.05) is 17.7 Å². The van der Waals surface area contributed by atoms with Gasteiger partial charge in [0.15, 0.2) is 0 Å². The molecule has 1 aliphatic carbocycles.